The van der Waals surface area contributed by atoms with Crippen LogP contribution >= 0.6 is 23.2 Å². The minimum Gasteiger partial charge on any atom is -0.285 e. The van der Waals surface area contributed by atoms with E-state index in [0.29, 0.717) is 28.6 Å². The van der Waals surface area contributed by atoms with Crippen LogP contribution in [0.15, 0.2) is 12.1 Å². The minimum absolute atomic E-state index is 0.205. The van der Waals surface area contributed by atoms with Crippen LogP contribution in [0, 0.1) is 0 Å². The summed E-state index contributed by atoms with van der Waals surface area (Å²) in [6.07, 6.45) is 1.91. The molecule has 1 atom stereocenters. The molecular weight excluding hydrogens is 287 g/mol. The molecule has 1 unspecified atom stereocenters. The van der Waals surface area contributed by atoms with Gasteiger partial charge in [-0.05, 0) is 30.9 Å². The van der Waals surface area contributed by atoms with Gasteiger partial charge in [-0.15, -0.1) is 0 Å². The zero-order valence-corrected chi connectivity index (χ0v) is 12.8. The van der Waals surface area contributed by atoms with Crippen LogP contribution in [0.25, 0.3) is 0 Å². The molecule has 0 radical (unpaired) electrons. The molecule has 0 aliphatic rings. The third-order valence-electron chi connectivity index (χ3n) is 2.85. The van der Waals surface area contributed by atoms with E-state index in [1.54, 1.807) is 12.1 Å². The molecule has 0 bridgehead atoms. The average Bonchev–Trinajstić information content (AvgIpc) is 2.36. The van der Waals surface area contributed by atoms with Gasteiger partial charge in [-0.3, -0.25) is 9.78 Å². The third kappa shape index (κ3) is 4.59. The lowest BCUT2D eigenvalue weighted by Crippen LogP contribution is -2.09. The Labute approximate surface area is 123 Å². The lowest BCUT2D eigenvalue weighted by molar-refractivity contribution is -0.214. The van der Waals surface area contributed by atoms with Crippen molar-refractivity contribution in [3.05, 3.63) is 27.7 Å². The van der Waals surface area contributed by atoms with Crippen molar-refractivity contribution in [3.8, 4) is 5.75 Å². The number of hydrogen-bond acceptors (Lipinski definition) is 3. The van der Waals surface area contributed by atoms with Crippen LogP contribution in [0.1, 0.15) is 51.5 Å². The molecular formula is C14H18Cl2O3. The maximum atomic E-state index is 11.3. The van der Waals surface area contributed by atoms with Crippen LogP contribution < -0.4 is 4.89 Å². The Morgan fingerprint density at radius 2 is 2.00 bits per heavy atom. The molecule has 0 heterocycles. The van der Waals surface area contributed by atoms with Gasteiger partial charge in [0.15, 0.2) is 0 Å². The van der Waals surface area contributed by atoms with Gasteiger partial charge < -0.3 is 0 Å². The lowest BCUT2D eigenvalue weighted by Gasteiger charge is -2.15. The van der Waals surface area contributed by atoms with Crippen molar-refractivity contribution in [1.82, 2.24) is 0 Å². The van der Waals surface area contributed by atoms with Gasteiger partial charge in [0.2, 0.25) is 5.75 Å². The summed E-state index contributed by atoms with van der Waals surface area (Å²) < 4.78 is 0. The average molecular weight is 305 g/mol. The number of halogens is 2. The zero-order chi connectivity index (χ0) is 14.4. The minimum atomic E-state index is -0.413. The molecule has 19 heavy (non-hydrogen) atoms. The van der Waals surface area contributed by atoms with E-state index in [2.05, 4.69) is 0 Å². The standard InChI is InChI=1S/C14H18Cl2O3/c1-4-6-13(17)18-19-14-11(9(3)5-2)7-10(15)8-12(14)16/h7-9H,4-6H2,1-3H3. The number of carbonyl (C=O) groups excluding carboxylic acids is 1. The summed E-state index contributed by atoms with van der Waals surface area (Å²) >= 11 is 12.1. The number of carbonyl (C=O) groups is 1. The van der Waals surface area contributed by atoms with Gasteiger partial charge in [-0.1, -0.05) is 44.0 Å². The molecule has 1 aromatic carbocycles. The lowest BCUT2D eigenvalue weighted by atomic mass is 9.98. The topological polar surface area (TPSA) is 35.5 Å². The van der Waals surface area contributed by atoms with Crippen LogP contribution in [0.4, 0.5) is 0 Å². The predicted molar refractivity (Wildman–Crippen MR) is 76.8 cm³/mol. The second kappa shape index (κ2) is 7.61. The molecule has 0 aliphatic carbocycles. The van der Waals surface area contributed by atoms with Gasteiger partial charge in [0.1, 0.15) is 0 Å². The van der Waals surface area contributed by atoms with E-state index in [1.807, 2.05) is 20.8 Å². The van der Waals surface area contributed by atoms with Crippen LogP contribution in [0.3, 0.4) is 0 Å². The van der Waals surface area contributed by atoms with E-state index >= 15 is 0 Å². The molecule has 0 saturated heterocycles. The van der Waals surface area contributed by atoms with Gasteiger partial charge in [-0.2, -0.15) is 0 Å². The van der Waals surface area contributed by atoms with Gasteiger partial charge in [0.25, 0.3) is 0 Å². The number of rotatable bonds is 6. The van der Waals surface area contributed by atoms with Crippen LogP contribution in [-0.4, -0.2) is 5.97 Å². The van der Waals surface area contributed by atoms with Crippen molar-refractivity contribution in [1.29, 1.82) is 0 Å². The van der Waals surface area contributed by atoms with Crippen molar-refractivity contribution in [2.24, 2.45) is 0 Å². The Morgan fingerprint density at radius 3 is 2.58 bits per heavy atom. The van der Waals surface area contributed by atoms with Gasteiger partial charge in [0, 0.05) is 17.0 Å². The van der Waals surface area contributed by atoms with E-state index in [4.69, 9.17) is 33.0 Å². The molecule has 0 N–H and O–H groups in total. The van der Waals surface area contributed by atoms with E-state index in [0.717, 1.165) is 12.0 Å². The largest absolute Gasteiger partial charge is 0.355 e. The fraction of sp³-hybridized carbons (Fsp3) is 0.500. The quantitative estimate of drug-likeness (QED) is 0.539. The number of benzene rings is 1. The molecule has 0 aromatic heterocycles. The maximum absolute atomic E-state index is 11.3. The van der Waals surface area contributed by atoms with Crippen molar-refractivity contribution in [3.63, 3.8) is 0 Å². The second-order valence-corrected chi connectivity index (χ2v) is 5.25. The first kappa shape index (κ1) is 16.1. The van der Waals surface area contributed by atoms with Gasteiger partial charge in [0.05, 0.1) is 5.02 Å². The van der Waals surface area contributed by atoms with Crippen LogP contribution in [0.2, 0.25) is 10.0 Å². The molecule has 0 fully saturated rings. The normalized spacial score (nSPS) is 12.1. The second-order valence-electron chi connectivity index (χ2n) is 4.40. The zero-order valence-electron chi connectivity index (χ0n) is 11.3. The van der Waals surface area contributed by atoms with E-state index in [9.17, 15) is 4.79 Å². The highest BCUT2D eigenvalue weighted by Crippen LogP contribution is 2.37. The van der Waals surface area contributed by atoms with Crippen LogP contribution in [-0.2, 0) is 9.68 Å². The summed E-state index contributed by atoms with van der Waals surface area (Å²) in [5, 5.41) is 0.875. The molecule has 0 saturated carbocycles. The molecule has 1 aromatic rings. The smallest absolute Gasteiger partial charge is 0.285 e. The molecule has 1 rings (SSSR count). The third-order valence-corrected chi connectivity index (χ3v) is 3.35. The Morgan fingerprint density at radius 1 is 1.32 bits per heavy atom. The molecule has 0 aliphatic heterocycles. The summed E-state index contributed by atoms with van der Waals surface area (Å²) in [7, 11) is 0. The van der Waals surface area contributed by atoms with E-state index < -0.39 is 5.97 Å². The summed E-state index contributed by atoms with van der Waals surface area (Å²) in [6, 6.07) is 3.35. The number of hydrogen-bond donors (Lipinski definition) is 0. The molecule has 5 heteroatoms. The van der Waals surface area contributed by atoms with E-state index in [1.165, 1.54) is 0 Å². The monoisotopic (exact) mass is 304 g/mol. The van der Waals surface area contributed by atoms with Crippen molar-refractivity contribution in [2.45, 2.75) is 46.0 Å². The predicted octanol–water partition coefficient (Wildman–Crippen LogP) is 5.14. The Bertz CT molecular complexity index is 447. The van der Waals surface area contributed by atoms with E-state index in [-0.39, 0.29) is 5.92 Å². The first-order valence-corrected chi connectivity index (χ1v) is 7.11. The maximum Gasteiger partial charge on any atom is 0.355 e. The molecule has 0 amide bonds. The van der Waals surface area contributed by atoms with Crippen molar-refractivity contribution >= 4 is 29.2 Å². The van der Waals surface area contributed by atoms with Crippen LogP contribution in [0.5, 0.6) is 5.75 Å². The fourth-order valence-electron chi connectivity index (χ4n) is 1.59. The highest BCUT2D eigenvalue weighted by molar-refractivity contribution is 6.35. The summed E-state index contributed by atoms with van der Waals surface area (Å²) in [5.41, 5.74) is 0.837. The highest BCUT2D eigenvalue weighted by Gasteiger charge is 2.18. The van der Waals surface area contributed by atoms with Crippen molar-refractivity contribution in [2.75, 3.05) is 0 Å². The Kier molecular flexibility index (Phi) is 6.46. The summed E-state index contributed by atoms with van der Waals surface area (Å²) in [4.78, 5) is 21.2. The summed E-state index contributed by atoms with van der Waals surface area (Å²) in [5.74, 6) is 0.157. The highest BCUT2D eigenvalue weighted by atomic mass is 35.5. The Balaban J connectivity index is 2.94. The molecule has 0 spiro atoms. The Hall–Kier alpha value is -0.930. The first-order valence-electron chi connectivity index (χ1n) is 6.35. The van der Waals surface area contributed by atoms with Gasteiger partial charge >= 0.3 is 5.97 Å². The SMILES string of the molecule is CCCC(=O)OOc1c(Cl)cc(Cl)cc1C(C)CC. The first-order chi connectivity index (χ1) is 8.99. The molecule has 106 valence electrons. The van der Waals surface area contributed by atoms with Crippen molar-refractivity contribution < 1.29 is 14.6 Å². The van der Waals surface area contributed by atoms with Gasteiger partial charge in [-0.25, -0.2) is 4.79 Å². The molecule has 3 nitrogen and oxygen atoms in total. The summed E-state index contributed by atoms with van der Waals surface area (Å²) in [6.45, 7) is 5.97. The fourth-order valence-corrected chi connectivity index (χ4v) is 2.13.